The van der Waals surface area contributed by atoms with Crippen LogP contribution in [0.2, 0.25) is 5.02 Å². The number of fused-ring (bicyclic) bond motifs is 2. The number of hydrogen-bond acceptors (Lipinski definition) is 6. The van der Waals surface area contributed by atoms with E-state index in [0.717, 1.165) is 38.4 Å². The van der Waals surface area contributed by atoms with Crippen LogP contribution in [0.3, 0.4) is 0 Å². The molecule has 4 heterocycles. The molecule has 3 aromatic heterocycles. The van der Waals surface area contributed by atoms with Crippen molar-refractivity contribution in [1.29, 1.82) is 0 Å². The van der Waals surface area contributed by atoms with Crippen LogP contribution in [0.15, 0.2) is 41.3 Å². The van der Waals surface area contributed by atoms with Crippen molar-refractivity contribution in [1.82, 2.24) is 29.0 Å². The van der Waals surface area contributed by atoms with Gasteiger partial charge in [-0.2, -0.15) is 9.50 Å². The molecule has 8 nitrogen and oxygen atoms in total. The Hall–Kier alpha value is -2.81. The van der Waals surface area contributed by atoms with Gasteiger partial charge in [0.1, 0.15) is 5.82 Å². The number of hydrogen-bond donors (Lipinski definition) is 0. The van der Waals surface area contributed by atoms with Gasteiger partial charge in [-0.25, -0.2) is 4.98 Å². The van der Waals surface area contributed by atoms with Crippen molar-refractivity contribution in [2.24, 2.45) is 0 Å². The molecule has 0 saturated carbocycles. The van der Waals surface area contributed by atoms with Crippen LogP contribution in [0, 0.1) is 6.92 Å². The second kappa shape index (κ2) is 7.79. The summed E-state index contributed by atoms with van der Waals surface area (Å²) >= 11 is 6.51. The SMILES string of the molecule is Cc1nc2nc3ccn(CCN4CCOCC4)c(=O)c3c(-c3ccccc3Cl)n2n1. The zero-order chi connectivity index (χ0) is 20.7. The van der Waals surface area contributed by atoms with Gasteiger partial charge in [0.05, 0.1) is 29.8 Å². The lowest BCUT2D eigenvalue weighted by atomic mass is 10.1. The van der Waals surface area contributed by atoms with Gasteiger partial charge in [-0.3, -0.25) is 9.69 Å². The summed E-state index contributed by atoms with van der Waals surface area (Å²) in [5.74, 6) is 1.03. The molecular formula is C21H21ClN6O2. The molecule has 5 rings (SSSR count). The fourth-order valence-corrected chi connectivity index (χ4v) is 4.10. The smallest absolute Gasteiger partial charge is 0.262 e. The number of ether oxygens (including phenoxy) is 1. The van der Waals surface area contributed by atoms with E-state index in [2.05, 4.69) is 20.0 Å². The van der Waals surface area contributed by atoms with Gasteiger partial charge in [-0.05, 0) is 19.1 Å². The minimum atomic E-state index is -0.113. The van der Waals surface area contributed by atoms with Crippen LogP contribution in [0.4, 0.5) is 0 Å². The molecule has 0 spiro atoms. The number of aryl methyl sites for hydroxylation is 1. The minimum absolute atomic E-state index is 0.113. The Morgan fingerprint density at radius 3 is 2.70 bits per heavy atom. The van der Waals surface area contributed by atoms with E-state index in [1.165, 1.54) is 0 Å². The van der Waals surface area contributed by atoms with Gasteiger partial charge in [0.15, 0.2) is 0 Å². The van der Waals surface area contributed by atoms with E-state index in [4.69, 9.17) is 16.3 Å². The maximum atomic E-state index is 13.5. The zero-order valence-corrected chi connectivity index (χ0v) is 17.3. The highest BCUT2D eigenvalue weighted by Gasteiger charge is 2.20. The van der Waals surface area contributed by atoms with Crippen molar-refractivity contribution in [3.8, 4) is 11.3 Å². The highest BCUT2D eigenvalue weighted by atomic mass is 35.5. The van der Waals surface area contributed by atoms with E-state index in [1.54, 1.807) is 28.3 Å². The van der Waals surface area contributed by atoms with Gasteiger partial charge < -0.3 is 9.30 Å². The van der Waals surface area contributed by atoms with E-state index in [-0.39, 0.29) is 5.56 Å². The van der Waals surface area contributed by atoms with Crippen LogP contribution < -0.4 is 5.56 Å². The average molecular weight is 425 g/mol. The first-order valence-electron chi connectivity index (χ1n) is 9.93. The average Bonchev–Trinajstić information content (AvgIpc) is 3.13. The van der Waals surface area contributed by atoms with Crippen LogP contribution in [0.1, 0.15) is 5.82 Å². The Balaban J connectivity index is 1.69. The summed E-state index contributed by atoms with van der Waals surface area (Å²) in [5.41, 5.74) is 1.81. The van der Waals surface area contributed by atoms with Gasteiger partial charge in [0, 0.05) is 43.0 Å². The number of halogens is 1. The third kappa shape index (κ3) is 3.36. The Kier molecular flexibility index (Phi) is 4.98. The Labute approximate surface area is 177 Å². The normalized spacial score (nSPS) is 15.3. The van der Waals surface area contributed by atoms with Crippen molar-refractivity contribution in [2.75, 3.05) is 32.8 Å². The van der Waals surface area contributed by atoms with Crippen molar-refractivity contribution in [2.45, 2.75) is 13.5 Å². The minimum Gasteiger partial charge on any atom is -0.379 e. The van der Waals surface area contributed by atoms with Gasteiger partial charge in [-0.15, -0.1) is 5.10 Å². The summed E-state index contributed by atoms with van der Waals surface area (Å²) in [6.07, 6.45) is 1.80. The Morgan fingerprint density at radius 1 is 1.10 bits per heavy atom. The monoisotopic (exact) mass is 424 g/mol. The lowest BCUT2D eigenvalue weighted by Gasteiger charge is -2.26. The number of morpholine rings is 1. The number of nitrogens with zero attached hydrogens (tertiary/aromatic N) is 6. The second-order valence-corrected chi connectivity index (χ2v) is 7.75. The molecule has 1 aromatic carbocycles. The summed E-state index contributed by atoms with van der Waals surface area (Å²) in [4.78, 5) is 24.8. The van der Waals surface area contributed by atoms with Crippen molar-refractivity contribution in [3.05, 3.63) is 57.7 Å². The maximum Gasteiger partial charge on any atom is 0.262 e. The molecule has 0 bridgehead atoms. The van der Waals surface area contributed by atoms with E-state index < -0.39 is 0 Å². The van der Waals surface area contributed by atoms with Gasteiger partial charge in [0.25, 0.3) is 11.3 Å². The molecular weight excluding hydrogens is 404 g/mol. The molecule has 0 atom stereocenters. The largest absolute Gasteiger partial charge is 0.379 e. The van der Waals surface area contributed by atoms with Crippen LogP contribution >= 0.6 is 11.6 Å². The summed E-state index contributed by atoms with van der Waals surface area (Å²) in [6, 6.07) is 9.31. The molecule has 154 valence electrons. The molecule has 0 aliphatic carbocycles. The zero-order valence-electron chi connectivity index (χ0n) is 16.6. The van der Waals surface area contributed by atoms with Crippen molar-refractivity contribution < 1.29 is 4.74 Å². The number of benzene rings is 1. The molecule has 0 amide bonds. The molecule has 4 aromatic rings. The number of aromatic nitrogens is 5. The van der Waals surface area contributed by atoms with E-state index in [1.807, 2.05) is 24.3 Å². The molecule has 0 radical (unpaired) electrons. The third-order valence-electron chi connectivity index (χ3n) is 5.40. The number of pyridine rings is 1. The fraction of sp³-hybridized carbons (Fsp3) is 0.333. The third-order valence-corrected chi connectivity index (χ3v) is 5.73. The van der Waals surface area contributed by atoms with Crippen LogP contribution in [0.25, 0.3) is 27.9 Å². The maximum absolute atomic E-state index is 13.5. The van der Waals surface area contributed by atoms with Gasteiger partial charge in [-0.1, -0.05) is 29.8 Å². The van der Waals surface area contributed by atoms with E-state index in [9.17, 15) is 4.79 Å². The van der Waals surface area contributed by atoms with Gasteiger partial charge >= 0.3 is 0 Å². The van der Waals surface area contributed by atoms with Crippen LogP contribution in [0.5, 0.6) is 0 Å². The Morgan fingerprint density at radius 2 is 1.90 bits per heavy atom. The lowest BCUT2D eigenvalue weighted by Crippen LogP contribution is -2.39. The summed E-state index contributed by atoms with van der Waals surface area (Å²) in [7, 11) is 0. The topological polar surface area (TPSA) is 77.6 Å². The predicted molar refractivity (Wildman–Crippen MR) is 115 cm³/mol. The number of rotatable bonds is 4. The first-order chi connectivity index (χ1) is 14.6. The van der Waals surface area contributed by atoms with Gasteiger partial charge in [0.2, 0.25) is 0 Å². The standard InChI is InChI=1S/C21H21ClN6O2/c1-14-23-21-24-17-6-7-27(9-8-26-10-12-30-13-11-26)20(29)18(17)19(28(21)25-14)15-4-2-3-5-16(15)22/h2-7H,8-13H2,1H3. The van der Waals surface area contributed by atoms with Crippen LogP contribution in [-0.4, -0.2) is 61.9 Å². The molecule has 0 unspecified atom stereocenters. The predicted octanol–water partition coefficient (Wildman–Crippen LogP) is 2.40. The highest BCUT2D eigenvalue weighted by molar-refractivity contribution is 6.33. The summed E-state index contributed by atoms with van der Waals surface area (Å²) in [5, 5.41) is 5.52. The molecule has 1 aliphatic rings. The van der Waals surface area contributed by atoms with Crippen molar-refractivity contribution >= 4 is 28.3 Å². The highest BCUT2D eigenvalue weighted by Crippen LogP contribution is 2.31. The quantitative estimate of drug-likeness (QED) is 0.500. The molecule has 9 heteroatoms. The summed E-state index contributed by atoms with van der Waals surface area (Å²) in [6.45, 7) is 6.41. The van der Waals surface area contributed by atoms with E-state index >= 15 is 0 Å². The first kappa shape index (κ1) is 19.2. The molecule has 1 aliphatic heterocycles. The fourth-order valence-electron chi connectivity index (χ4n) is 3.87. The summed E-state index contributed by atoms with van der Waals surface area (Å²) < 4.78 is 8.75. The Bertz CT molecular complexity index is 1290. The first-order valence-corrected chi connectivity index (χ1v) is 10.3. The molecule has 30 heavy (non-hydrogen) atoms. The molecule has 1 saturated heterocycles. The van der Waals surface area contributed by atoms with Crippen molar-refractivity contribution in [3.63, 3.8) is 0 Å². The molecule has 0 N–H and O–H groups in total. The van der Waals surface area contributed by atoms with Crippen LogP contribution in [-0.2, 0) is 11.3 Å². The molecule has 1 fully saturated rings. The lowest BCUT2D eigenvalue weighted by molar-refractivity contribution is 0.0363. The van der Waals surface area contributed by atoms with E-state index in [0.29, 0.717) is 39.8 Å². The second-order valence-electron chi connectivity index (χ2n) is 7.34.